The van der Waals surface area contributed by atoms with Crippen LogP contribution < -0.4 is 26.6 Å². The monoisotopic (exact) mass is 311 g/mol. The first-order valence-electron chi connectivity index (χ1n) is 6.36. The van der Waals surface area contributed by atoms with Crippen molar-refractivity contribution in [3.8, 4) is 34.8 Å². The van der Waals surface area contributed by atoms with Crippen molar-refractivity contribution in [1.29, 1.82) is 10.5 Å². The Morgan fingerprint density at radius 1 is 1.13 bits per heavy atom. The Bertz CT molecular complexity index is 919. The molecule has 0 saturated heterocycles. The largest absolute Gasteiger partial charge is 0.497 e. The van der Waals surface area contributed by atoms with Crippen molar-refractivity contribution in [3.63, 3.8) is 0 Å². The van der Waals surface area contributed by atoms with Crippen molar-refractivity contribution in [2.45, 2.75) is 0 Å². The third kappa shape index (κ3) is 2.39. The molecule has 0 saturated carbocycles. The SMILES string of the molecule is COc1ccc(OC)c(-c2c(C#N)c(N)n(N)c(=O)c2C#N)c1. The molecule has 2 rings (SSSR count). The summed E-state index contributed by atoms with van der Waals surface area (Å²) in [7, 11) is 2.89. The number of methoxy groups -OCH3 is 2. The second-order valence-electron chi connectivity index (χ2n) is 4.48. The van der Waals surface area contributed by atoms with Crippen LogP contribution >= 0.6 is 0 Å². The van der Waals surface area contributed by atoms with E-state index in [0.29, 0.717) is 21.7 Å². The summed E-state index contributed by atoms with van der Waals surface area (Å²) in [6.45, 7) is 0. The summed E-state index contributed by atoms with van der Waals surface area (Å²) in [4.78, 5) is 12.2. The molecule has 8 nitrogen and oxygen atoms in total. The second-order valence-corrected chi connectivity index (χ2v) is 4.48. The van der Waals surface area contributed by atoms with E-state index in [1.807, 2.05) is 6.07 Å². The first kappa shape index (κ1) is 15.7. The number of aromatic nitrogens is 1. The molecule has 0 fully saturated rings. The number of ether oxygens (including phenoxy) is 2. The van der Waals surface area contributed by atoms with Gasteiger partial charge in [-0.15, -0.1) is 0 Å². The molecular formula is C15H13N5O3. The molecular weight excluding hydrogens is 298 g/mol. The average molecular weight is 311 g/mol. The topological polar surface area (TPSA) is 140 Å². The number of nitriles is 2. The van der Waals surface area contributed by atoms with E-state index in [9.17, 15) is 15.3 Å². The summed E-state index contributed by atoms with van der Waals surface area (Å²) in [5.41, 5.74) is 4.96. The Balaban J connectivity index is 3.03. The molecule has 0 aliphatic heterocycles. The molecule has 0 aliphatic carbocycles. The lowest BCUT2D eigenvalue weighted by Crippen LogP contribution is -2.33. The summed E-state index contributed by atoms with van der Waals surface area (Å²) in [6.07, 6.45) is 0. The maximum atomic E-state index is 12.2. The Labute approximate surface area is 131 Å². The molecule has 23 heavy (non-hydrogen) atoms. The molecule has 0 spiro atoms. The molecule has 0 amide bonds. The van der Waals surface area contributed by atoms with E-state index in [2.05, 4.69) is 0 Å². The first-order valence-corrected chi connectivity index (χ1v) is 6.36. The zero-order chi connectivity index (χ0) is 17.1. The normalized spacial score (nSPS) is 9.74. The van der Waals surface area contributed by atoms with Crippen LogP contribution in [0, 0.1) is 22.7 Å². The second kappa shape index (κ2) is 6.00. The van der Waals surface area contributed by atoms with Crippen molar-refractivity contribution < 1.29 is 9.47 Å². The van der Waals surface area contributed by atoms with E-state index in [1.165, 1.54) is 14.2 Å². The van der Waals surface area contributed by atoms with Crippen molar-refractivity contribution >= 4 is 5.82 Å². The van der Waals surface area contributed by atoms with E-state index in [4.69, 9.17) is 21.1 Å². The molecule has 0 radical (unpaired) electrons. The van der Waals surface area contributed by atoms with Crippen LogP contribution in [-0.4, -0.2) is 18.9 Å². The van der Waals surface area contributed by atoms with E-state index in [1.54, 1.807) is 24.3 Å². The van der Waals surface area contributed by atoms with Gasteiger partial charge in [0.15, 0.2) is 0 Å². The van der Waals surface area contributed by atoms with Crippen LogP contribution in [-0.2, 0) is 0 Å². The predicted molar refractivity (Wildman–Crippen MR) is 83.2 cm³/mol. The molecule has 1 aromatic heterocycles. The number of pyridine rings is 1. The van der Waals surface area contributed by atoms with Gasteiger partial charge in [-0.05, 0) is 18.2 Å². The van der Waals surface area contributed by atoms with E-state index in [0.717, 1.165) is 0 Å². The number of nitrogens with two attached hydrogens (primary N) is 2. The third-order valence-corrected chi connectivity index (χ3v) is 3.35. The van der Waals surface area contributed by atoms with Crippen LogP contribution in [0.1, 0.15) is 11.1 Å². The standard InChI is InChI=1S/C15H13N5O3/c1-22-8-3-4-12(23-2)9(5-8)13-10(6-16)14(18)20(19)15(21)11(13)7-17/h3-5H,18-19H2,1-2H3. The van der Waals surface area contributed by atoms with Gasteiger partial charge in [-0.3, -0.25) is 4.79 Å². The van der Waals surface area contributed by atoms with Gasteiger partial charge in [-0.1, -0.05) is 0 Å². The fraction of sp³-hybridized carbons (Fsp3) is 0.133. The maximum Gasteiger partial charge on any atom is 0.289 e. The van der Waals surface area contributed by atoms with Gasteiger partial charge in [0.2, 0.25) is 0 Å². The molecule has 0 atom stereocenters. The minimum atomic E-state index is -0.802. The molecule has 1 heterocycles. The number of nitrogen functional groups attached to an aromatic ring is 2. The van der Waals surface area contributed by atoms with Gasteiger partial charge in [-0.2, -0.15) is 10.5 Å². The third-order valence-electron chi connectivity index (χ3n) is 3.35. The molecule has 0 bridgehead atoms. The van der Waals surface area contributed by atoms with Crippen LogP contribution in [0.4, 0.5) is 5.82 Å². The highest BCUT2D eigenvalue weighted by Crippen LogP contribution is 2.37. The summed E-state index contributed by atoms with van der Waals surface area (Å²) >= 11 is 0. The van der Waals surface area contributed by atoms with Gasteiger partial charge in [0.1, 0.15) is 40.6 Å². The smallest absolute Gasteiger partial charge is 0.289 e. The predicted octanol–water partition coefficient (Wildman–Crippen LogP) is 0.572. The Hall–Kier alpha value is -3.65. The summed E-state index contributed by atoms with van der Waals surface area (Å²) in [6, 6.07) is 8.46. The van der Waals surface area contributed by atoms with Crippen LogP contribution in [0.3, 0.4) is 0 Å². The van der Waals surface area contributed by atoms with E-state index < -0.39 is 5.56 Å². The lowest BCUT2D eigenvalue weighted by atomic mass is 9.95. The number of hydrogen-bond donors (Lipinski definition) is 2. The van der Waals surface area contributed by atoms with E-state index in [-0.39, 0.29) is 22.5 Å². The number of benzene rings is 1. The van der Waals surface area contributed by atoms with Crippen LogP contribution in [0.25, 0.3) is 11.1 Å². The zero-order valence-electron chi connectivity index (χ0n) is 12.5. The van der Waals surface area contributed by atoms with Crippen molar-refractivity contribution in [1.82, 2.24) is 4.68 Å². The highest BCUT2D eigenvalue weighted by Gasteiger charge is 2.23. The summed E-state index contributed by atoms with van der Waals surface area (Å²) in [5.74, 6) is 6.11. The van der Waals surface area contributed by atoms with Gasteiger partial charge in [-0.25, -0.2) is 4.68 Å². The van der Waals surface area contributed by atoms with Gasteiger partial charge in [0, 0.05) is 11.1 Å². The number of rotatable bonds is 3. The fourth-order valence-electron chi connectivity index (χ4n) is 2.21. The zero-order valence-corrected chi connectivity index (χ0v) is 12.5. The maximum absolute atomic E-state index is 12.2. The Kier molecular flexibility index (Phi) is 4.10. The highest BCUT2D eigenvalue weighted by molar-refractivity contribution is 5.84. The molecule has 1 aromatic carbocycles. The lowest BCUT2D eigenvalue weighted by Gasteiger charge is -2.15. The Morgan fingerprint density at radius 2 is 1.78 bits per heavy atom. The van der Waals surface area contributed by atoms with Crippen LogP contribution in [0.2, 0.25) is 0 Å². The summed E-state index contributed by atoms with van der Waals surface area (Å²) < 4.78 is 11.0. The molecule has 0 unspecified atom stereocenters. The van der Waals surface area contributed by atoms with Crippen molar-refractivity contribution in [3.05, 3.63) is 39.7 Å². The number of anilines is 1. The highest BCUT2D eigenvalue weighted by atomic mass is 16.5. The van der Waals surface area contributed by atoms with Gasteiger partial charge < -0.3 is 21.1 Å². The fourth-order valence-corrected chi connectivity index (χ4v) is 2.21. The lowest BCUT2D eigenvalue weighted by molar-refractivity contribution is 0.404. The molecule has 2 aromatic rings. The Morgan fingerprint density at radius 3 is 2.30 bits per heavy atom. The average Bonchev–Trinajstić information content (AvgIpc) is 2.58. The van der Waals surface area contributed by atoms with Gasteiger partial charge in [0.05, 0.1) is 14.2 Å². The quantitative estimate of drug-likeness (QED) is 0.789. The number of hydrogen-bond acceptors (Lipinski definition) is 7. The van der Waals surface area contributed by atoms with Crippen molar-refractivity contribution in [2.75, 3.05) is 25.8 Å². The summed E-state index contributed by atoms with van der Waals surface area (Å²) in [5, 5.41) is 18.7. The molecule has 4 N–H and O–H groups in total. The number of nitrogens with zero attached hydrogens (tertiary/aromatic N) is 3. The minimum absolute atomic E-state index is 0.0648. The first-order chi connectivity index (χ1) is 11.0. The van der Waals surface area contributed by atoms with Crippen molar-refractivity contribution in [2.24, 2.45) is 0 Å². The van der Waals surface area contributed by atoms with Crippen LogP contribution in [0.15, 0.2) is 23.0 Å². The van der Waals surface area contributed by atoms with Gasteiger partial charge >= 0.3 is 0 Å². The molecule has 0 aliphatic rings. The van der Waals surface area contributed by atoms with Crippen LogP contribution in [0.5, 0.6) is 11.5 Å². The molecule has 8 heteroatoms. The molecule has 116 valence electrons. The minimum Gasteiger partial charge on any atom is -0.497 e. The van der Waals surface area contributed by atoms with Gasteiger partial charge in [0.25, 0.3) is 5.56 Å². The van der Waals surface area contributed by atoms with E-state index >= 15 is 0 Å².